The van der Waals surface area contributed by atoms with Crippen LogP contribution in [0.2, 0.25) is 5.02 Å². The topological polar surface area (TPSA) is 88.4 Å². The lowest BCUT2D eigenvalue weighted by Crippen LogP contribution is -2.47. The van der Waals surface area contributed by atoms with Gasteiger partial charge in [-0.05, 0) is 76.4 Å². The summed E-state index contributed by atoms with van der Waals surface area (Å²) in [5.41, 5.74) is 4.68. The third kappa shape index (κ3) is 5.75. The van der Waals surface area contributed by atoms with Gasteiger partial charge in [0.2, 0.25) is 15.9 Å². The van der Waals surface area contributed by atoms with Crippen LogP contribution < -0.4 is 4.90 Å². The lowest BCUT2D eigenvalue weighted by atomic mass is 9.98. The van der Waals surface area contributed by atoms with Gasteiger partial charge in [-0.3, -0.25) is 14.4 Å². The van der Waals surface area contributed by atoms with E-state index < -0.39 is 15.9 Å². The highest BCUT2D eigenvalue weighted by Crippen LogP contribution is 2.35. The zero-order valence-corrected chi connectivity index (χ0v) is 24.9. The third-order valence-corrected chi connectivity index (χ3v) is 10.3. The van der Waals surface area contributed by atoms with Crippen LogP contribution in [-0.4, -0.2) is 53.0 Å². The van der Waals surface area contributed by atoms with Crippen LogP contribution >= 0.6 is 22.9 Å². The quantitative estimate of drug-likeness (QED) is 0.285. The Bertz CT molecular complexity index is 1630. The molecule has 1 saturated heterocycles. The third-order valence-electron chi connectivity index (χ3n) is 7.17. The average molecular weight is 586 g/mol. The Balaban J connectivity index is 1.44. The van der Waals surface area contributed by atoms with Crippen molar-refractivity contribution in [2.45, 2.75) is 52.0 Å². The number of benzene rings is 2. The number of piperidine rings is 1. The van der Waals surface area contributed by atoms with Crippen molar-refractivity contribution in [2.75, 3.05) is 24.5 Å². The molecule has 0 spiro atoms. The van der Waals surface area contributed by atoms with Crippen LogP contribution in [0.25, 0.3) is 10.2 Å². The van der Waals surface area contributed by atoms with Crippen LogP contribution in [0.1, 0.15) is 35.4 Å². The fraction of sp³-hybridized carbons (Fsp3) is 0.393. The first-order valence-corrected chi connectivity index (χ1v) is 15.6. The molecule has 3 heterocycles. The van der Waals surface area contributed by atoms with Gasteiger partial charge in [0.15, 0.2) is 5.13 Å². The predicted octanol–water partition coefficient (Wildman–Crippen LogP) is 5.51. The van der Waals surface area contributed by atoms with Gasteiger partial charge in [0.25, 0.3) is 0 Å². The average Bonchev–Trinajstić information content (AvgIpc) is 3.46. The summed E-state index contributed by atoms with van der Waals surface area (Å²) in [6, 6.07) is 12.6. The highest BCUT2D eigenvalue weighted by Gasteiger charge is 2.36. The highest BCUT2D eigenvalue weighted by atomic mass is 35.5. The second kappa shape index (κ2) is 11.0. The van der Waals surface area contributed by atoms with E-state index in [1.54, 1.807) is 29.2 Å². The maximum atomic E-state index is 14.1. The molecule has 2 aromatic carbocycles. The molecular weight excluding hydrogens is 554 g/mol. The number of carbonyl (C=O) groups is 1. The van der Waals surface area contributed by atoms with Crippen molar-refractivity contribution < 1.29 is 13.2 Å². The number of nitrogens with zero attached hydrogens (tertiary/aromatic N) is 5. The summed E-state index contributed by atoms with van der Waals surface area (Å²) in [6.07, 6.45) is 1.23. The second-order valence-electron chi connectivity index (χ2n) is 10.2. The Morgan fingerprint density at radius 1 is 1.13 bits per heavy atom. The van der Waals surface area contributed by atoms with Crippen molar-refractivity contribution >= 4 is 54.2 Å². The van der Waals surface area contributed by atoms with Crippen molar-refractivity contribution in [2.24, 2.45) is 5.92 Å². The molecule has 1 unspecified atom stereocenters. The monoisotopic (exact) mass is 585 g/mol. The number of amides is 1. The molecule has 1 fully saturated rings. The number of carbonyl (C=O) groups excluding carboxylic acids is 1. The van der Waals surface area contributed by atoms with E-state index >= 15 is 0 Å². The van der Waals surface area contributed by atoms with Gasteiger partial charge in [0.05, 0.1) is 33.3 Å². The van der Waals surface area contributed by atoms with Crippen LogP contribution in [0.15, 0.2) is 47.4 Å². The minimum absolute atomic E-state index is 0.122. The number of halogens is 1. The molecule has 5 rings (SSSR count). The smallest absolute Gasteiger partial charge is 0.243 e. The van der Waals surface area contributed by atoms with Crippen molar-refractivity contribution in [3.63, 3.8) is 0 Å². The van der Waals surface area contributed by atoms with E-state index in [1.165, 1.54) is 15.6 Å². The maximum Gasteiger partial charge on any atom is 0.243 e. The highest BCUT2D eigenvalue weighted by molar-refractivity contribution is 7.89. The molecule has 8 nitrogen and oxygen atoms in total. The summed E-state index contributed by atoms with van der Waals surface area (Å²) in [4.78, 5) is 20.9. The second-order valence-corrected chi connectivity index (χ2v) is 13.6. The van der Waals surface area contributed by atoms with Crippen molar-refractivity contribution in [3.8, 4) is 0 Å². The van der Waals surface area contributed by atoms with Crippen molar-refractivity contribution in [1.29, 1.82) is 0 Å². The van der Waals surface area contributed by atoms with E-state index in [4.69, 9.17) is 16.6 Å². The zero-order chi connectivity index (χ0) is 27.9. The summed E-state index contributed by atoms with van der Waals surface area (Å²) >= 11 is 7.72. The van der Waals surface area contributed by atoms with Crippen molar-refractivity contribution in [3.05, 3.63) is 70.0 Å². The van der Waals surface area contributed by atoms with Crippen LogP contribution in [0.4, 0.5) is 5.13 Å². The first-order chi connectivity index (χ1) is 18.5. The number of aromatic nitrogens is 3. The molecule has 0 bridgehead atoms. The number of thiazole rings is 1. The van der Waals surface area contributed by atoms with Gasteiger partial charge in [-0.25, -0.2) is 13.4 Å². The molecule has 1 aliphatic heterocycles. The number of sulfonamides is 1. The van der Waals surface area contributed by atoms with Crippen LogP contribution in [0.3, 0.4) is 0 Å². The fourth-order valence-corrected chi connectivity index (χ4v) is 8.07. The maximum absolute atomic E-state index is 14.1. The SMILES string of the molecule is Cc1ccc(S(=O)(=O)N2CCCC(C(=O)N(CCn3nc(C)cc3C)c3nc4c(C)cc(Cl)cc4s3)C2)cc1. The van der Waals surface area contributed by atoms with E-state index in [9.17, 15) is 13.2 Å². The van der Waals surface area contributed by atoms with Gasteiger partial charge in [0, 0.05) is 30.4 Å². The van der Waals surface area contributed by atoms with Crippen LogP contribution in [0.5, 0.6) is 0 Å². The molecule has 0 aliphatic carbocycles. The van der Waals surface area contributed by atoms with E-state index in [0.717, 1.165) is 32.7 Å². The Morgan fingerprint density at radius 2 is 1.87 bits per heavy atom. The molecule has 0 N–H and O–H groups in total. The molecule has 39 heavy (non-hydrogen) atoms. The molecule has 1 atom stereocenters. The lowest BCUT2D eigenvalue weighted by Gasteiger charge is -2.33. The van der Waals surface area contributed by atoms with Crippen molar-refractivity contribution in [1.82, 2.24) is 19.1 Å². The van der Waals surface area contributed by atoms with Gasteiger partial charge in [0.1, 0.15) is 0 Å². The summed E-state index contributed by atoms with van der Waals surface area (Å²) < 4.78 is 31.1. The van der Waals surface area contributed by atoms with Crippen LogP contribution in [-0.2, 0) is 21.4 Å². The molecule has 4 aromatic rings. The molecule has 0 saturated carbocycles. The summed E-state index contributed by atoms with van der Waals surface area (Å²) in [7, 11) is -3.70. The molecule has 2 aromatic heterocycles. The predicted molar refractivity (Wildman–Crippen MR) is 156 cm³/mol. The van der Waals surface area contributed by atoms with E-state index in [1.807, 2.05) is 50.6 Å². The minimum Gasteiger partial charge on any atom is -0.286 e. The Hall–Kier alpha value is -2.79. The van der Waals surface area contributed by atoms with Gasteiger partial charge < -0.3 is 0 Å². The number of aryl methyl sites for hydroxylation is 4. The minimum atomic E-state index is -3.70. The molecular formula is C28H32ClN5O3S2. The Labute approximate surface area is 238 Å². The van der Waals surface area contributed by atoms with Gasteiger partial charge in [-0.15, -0.1) is 0 Å². The number of fused-ring (bicyclic) bond motifs is 1. The molecule has 11 heteroatoms. The number of hydrogen-bond donors (Lipinski definition) is 0. The van der Waals surface area contributed by atoms with Gasteiger partial charge >= 0.3 is 0 Å². The zero-order valence-electron chi connectivity index (χ0n) is 22.5. The summed E-state index contributed by atoms with van der Waals surface area (Å²) in [5.74, 6) is -0.598. The molecule has 1 amide bonds. The van der Waals surface area contributed by atoms with Crippen LogP contribution in [0, 0.1) is 33.6 Å². The number of hydrogen-bond acceptors (Lipinski definition) is 6. The van der Waals surface area contributed by atoms with Gasteiger partial charge in [-0.1, -0.05) is 40.6 Å². The Morgan fingerprint density at radius 3 is 2.56 bits per heavy atom. The molecule has 0 radical (unpaired) electrons. The summed E-state index contributed by atoms with van der Waals surface area (Å²) in [6.45, 7) is 9.21. The molecule has 206 valence electrons. The Kier molecular flexibility index (Phi) is 7.83. The normalized spacial score (nSPS) is 16.6. The standard InChI is InChI=1S/C28H32ClN5O3S2/c1-18-7-9-24(10-8-18)39(36,37)32-11-5-6-22(17-32)27(35)33(12-13-34-21(4)15-20(3)31-34)28-30-26-19(2)14-23(29)16-25(26)38-28/h7-10,14-16,22H,5-6,11-13,17H2,1-4H3. The molecule has 1 aliphatic rings. The van der Waals surface area contributed by atoms with E-state index in [-0.39, 0.29) is 17.3 Å². The fourth-order valence-electron chi connectivity index (χ4n) is 5.10. The van der Waals surface area contributed by atoms with Gasteiger partial charge in [-0.2, -0.15) is 9.40 Å². The lowest BCUT2D eigenvalue weighted by molar-refractivity contribution is -0.123. The number of rotatable bonds is 7. The number of anilines is 1. The largest absolute Gasteiger partial charge is 0.286 e. The first kappa shape index (κ1) is 27.8. The van der Waals surface area contributed by atoms with E-state index in [2.05, 4.69) is 5.10 Å². The summed E-state index contributed by atoms with van der Waals surface area (Å²) in [5, 5.41) is 5.77. The van der Waals surface area contributed by atoms with E-state index in [0.29, 0.717) is 42.6 Å². The first-order valence-electron chi connectivity index (χ1n) is 13.0.